The van der Waals surface area contributed by atoms with Crippen molar-refractivity contribution in [3.05, 3.63) is 52.0 Å². The average molecular weight is 467 g/mol. The summed E-state index contributed by atoms with van der Waals surface area (Å²) in [7, 11) is -2.41. The monoisotopic (exact) mass is 466 g/mol. The number of halogens is 1. The first kappa shape index (κ1) is 20.8. The molecule has 0 radical (unpaired) electrons. The van der Waals surface area contributed by atoms with Gasteiger partial charge in [0.05, 0.1) is 7.11 Å². The number of nitrogens with one attached hydrogen (secondary N) is 1. The molecule has 2 aromatic rings. The van der Waals surface area contributed by atoms with Crippen molar-refractivity contribution in [1.29, 1.82) is 0 Å². The predicted octanol–water partition coefficient (Wildman–Crippen LogP) is 3.74. The molecule has 0 aliphatic carbocycles. The summed E-state index contributed by atoms with van der Waals surface area (Å²) in [4.78, 5) is 14.9. The van der Waals surface area contributed by atoms with E-state index in [2.05, 4.69) is 20.7 Å². The minimum Gasteiger partial charge on any atom is -0.495 e. The molecule has 0 fully saturated rings. The van der Waals surface area contributed by atoms with Gasteiger partial charge in [0.2, 0.25) is 10.0 Å². The molecule has 1 atom stereocenters. The SMILES string of the molecule is COc1ccc(C(=O)N2c3ccc(Br)cc3C[C@H]2C)cc1S(=O)(=O)NC(C)C. The van der Waals surface area contributed by atoms with Gasteiger partial charge in [-0.25, -0.2) is 13.1 Å². The third-order valence-corrected chi connectivity index (χ3v) is 6.74. The maximum absolute atomic E-state index is 13.3. The highest BCUT2D eigenvalue weighted by atomic mass is 79.9. The van der Waals surface area contributed by atoms with Gasteiger partial charge in [-0.15, -0.1) is 0 Å². The Morgan fingerprint density at radius 3 is 2.61 bits per heavy atom. The maximum Gasteiger partial charge on any atom is 0.258 e. The fourth-order valence-corrected chi connectivity index (χ4v) is 5.30. The van der Waals surface area contributed by atoms with E-state index in [1.54, 1.807) is 24.8 Å². The molecule has 0 spiro atoms. The Kier molecular flexibility index (Phi) is 5.84. The van der Waals surface area contributed by atoms with Crippen molar-refractivity contribution in [2.45, 2.75) is 44.2 Å². The van der Waals surface area contributed by atoms with E-state index in [1.165, 1.54) is 19.2 Å². The summed E-state index contributed by atoms with van der Waals surface area (Å²) in [5.74, 6) is -0.0410. The van der Waals surface area contributed by atoms with Crippen molar-refractivity contribution in [3.8, 4) is 5.75 Å². The number of sulfonamides is 1. The zero-order chi connectivity index (χ0) is 20.6. The van der Waals surface area contributed by atoms with Crippen LogP contribution in [0.2, 0.25) is 0 Å². The van der Waals surface area contributed by atoms with E-state index >= 15 is 0 Å². The molecule has 6 nitrogen and oxygen atoms in total. The molecule has 1 amide bonds. The number of hydrogen-bond donors (Lipinski definition) is 1. The first-order valence-electron chi connectivity index (χ1n) is 8.96. The van der Waals surface area contributed by atoms with Crippen molar-refractivity contribution in [2.24, 2.45) is 0 Å². The fraction of sp³-hybridized carbons (Fsp3) is 0.350. The van der Waals surface area contributed by atoms with Gasteiger partial charge in [0, 0.05) is 27.8 Å². The van der Waals surface area contributed by atoms with Crippen LogP contribution in [0.5, 0.6) is 5.75 Å². The van der Waals surface area contributed by atoms with E-state index in [1.807, 2.05) is 25.1 Å². The minimum absolute atomic E-state index is 0.0206. The van der Waals surface area contributed by atoms with E-state index in [4.69, 9.17) is 4.74 Å². The van der Waals surface area contributed by atoms with Crippen LogP contribution in [0.15, 0.2) is 45.8 Å². The Morgan fingerprint density at radius 2 is 1.96 bits per heavy atom. The maximum atomic E-state index is 13.3. The lowest BCUT2D eigenvalue weighted by atomic mass is 10.1. The van der Waals surface area contributed by atoms with Gasteiger partial charge >= 0.3 is 0 Å². The molecule has 0 unspecified atom stereocenters. The first-order chi connectivity index (χ1) is 13.1. The van der Waals surface area contributed by atoms with Crippen LogP contribution < -0.4 is 14.4 Å². The van der Waals surface area contributed by atoms with Gasteiger partial charge in [0.15, 0.2) is 0 Å². The Labute approximate surface area is 174 Å². The third-order valence-electron chi connectivity index (χ3n) is 4.57. The molecule has 150 valence electrons. The molecule has 1 N–H and O–H groups in total. The predicted molar refractivity (Wildman–Crippen MR) is 113 cm³/mol. The number of benzene rings is 2. The Hall–Kier alpha value is -1.90. The molecule has 3 rings (SSSR count). The molecule has 0 saturated heterocycles. The normalized spacial score (nSPS) is 16.4. The summed E-state index contributed by atoms with van der Waals surface area (Å²) < 4.78 is 34.1. The van der Waals surface area contributed by atoms with Gasteiger partial charge in [-0.05, 0) is 69.2 Å². The number of amides is 1. The second-order valence-corrected chi connectivity index (χ2v) is 9.74. The third kappa shape index (κ3) is 3.94. The average Bonchev–Trinajstić information content (AvgIpc) is 2.94. The summed E-state index contributed by atoms with van der Waals surface area (Å²) >= 11 is 3.46. The smallest absolute Gasteiger partial charge is 0.258 e. The Balaban J connectivity index is 2.03. The number of ether oxygens (including phenoxy) is 1. The molecule has 8 heteroatoms. The number of carbonyl (C=O) groups is 1. The number of nitrogens with zero attached hydrogens (tertiary/aromatic N) is 1. The van der Waals surface area contributed by atoms with Crippen LogP contribution in [-0.2, 0) is 16.4 Å². The number of fused-ring (bicyclic) bond motifs is 1. The summed E-state index contributed by atoms with van der Waals surface area (Å²) in [6, 6.07) is 10.0. The van der Waals surface area contributed by atoms with Gasteiger partial charge in [-0.1, -0.05) is 15.9 Å². The Bertz CT molecular complexity index is 1020. The zero-order valence-electron chi connectivity index (χ0n) is 16.2. The van der Waals surface area contributed by atoms with E-state index in [9.17, 15) is 13.2 Å². The molecule has 0 saturated carbocycles. The molecule has 0 bridgehead atoms. The number of rotatable bonds is 5. The van der Waals surface area contributed by atoms with Gasteiger partial charge in [0.25, 0.3) is 5.91 Å². The van der Waals surface area contributed by atoms with E-state index in [0.717, 1.165) is 22.1 Å². The fourth-order valence-electron chi connectivity index (χ4n) is 3.44. The molecule has 2 aromatic carbocycles. The molecular formula is C20H23BrN2O4S. The Morgan fingerprint density at radius 1 is 1.25 bits per heavy atom. The lowest BCUT2D eigenvalue weighted by Crippen LogP contribution is -2.36. The minimum atomic E-state index is -3.81. The number of methoxy groups -OCH3 is 1. The second kappa shape index (κ2) is 7.85. The lowest BCUT2D eigenvalue weighted by molar-refractivity contribution is 0.0981. The summed E-state index contributed by atoms with van der Waals surface area (Å²) in [6.45, 7) is 5.45. The molecule has 1 aliphatic heterocycles. The van der Waals surface area contributed by atoms with E-state index in [0.29, 0.717) is 5.56 Å². The van der Waals surface area contributed by atoms with Crippen LogP contribution in [0, 0.1) is 0 Å². The van der Waals surface area contributed by atoms with Crippen molar-refractivity contribution >= 4 is 37.5 Å². The van der Waals surface area contributed by atoms with E-state index < -0.39 is 10.0 Å². The summed E-state index contributed by atoms with van der Waals surface area (Å²) in [5.41, 5.74) is 2.23. The van der Waals surface area contributed by atoms with Crippen LogP contribution in [0.25, 0.3) is 0 Å². The van der Waals surface area contributed by atoms with Crippen molar-refractivity contribution < 1.29 is 17.9 Å². The highest BCUT2D eigenvalue weighted by Crippen LogP contribution is 2.36. The summed E-state index contributed by atoms with van der Waals surface area (Å²) in [6.07, 6.45) is 0.747. The van der Waals surface area contributed by atoms with Crippen molar-refractivity contribution in [2.75, 3.05) is 12.0 Å². The summed E-state index contributed by atoms with van der Waals surface area (Å²) in [5, 5.41) is 0. The van der Waals surface area contributed by atoms with Crippen LogP contribution in [0.1, 0.15) is 36.7 Å². The van der Waals surface area contributed by atoms with Crippen molar-refractivity contribution in [1.82, 2.24) is 4.72 Å². The lowest BCUT2D eigenvalue weighted by Gasteiger charge is -2.23. The molecule has 1 aliphatic rings. The standard InChI is InChI=1S/C20H23BrN2O4S/c1-12(2)22-28(25,26)19-11-14(5-8-18(19)27-4)20(24)23-13(3)9-15-10-16(21)6-7-17(15)23/h5-8,10-13,22H,9H2,1-4H3/t13-/m1/s1. The number of carbonyl (C=O) groups excluding carboxylic acids is 1. The molecular weight excluding hydrogens is 444 g/mol. The molecule has 1 heterocycles. The van der Waals surface area contributed by atoms with Crippen molar-refractivity contribution in [3.63, 3.8) is 0 Å². The van der Waals surface area contributed by atoms with Gasteiger partial charge in [-0.2, -0.15) is 0 Å². The topological polar surface area (TPSA) is 75.7 Å². The largest absolute Gasteiger partial charge is 0.495 e. The quantitative estimate of drug-likeness (QED) is 0.727. The molecule has 28 heavy (non-hydrogen) atoms. The van der Waals surface area contributed by atoms with Gasteiger partial charge in [0.1, 0.15) is 10.6 Å². The van der Waals surface area contributed by atoms with Gasteiger partial charge in [-0.3, -0.25) is 4.79 Å². The highest BCUT2D eigenvalue weighted by Gasteiger charge is 2.32. The molecule has 0 aromatic heterocycles. The van der Waals surface area contributed by atoms with Crippen LogP contribution >= 0.6 is 15.9 Å². The highest BCUT2D eigenvalue weighted by molar-refractivity contribution is 9.10. The van der Waals surface area contributed by atoms with E-state index in [-0.39, 0.29) is 28.6 Å². The number of anilines is 1. The van der Waals surface area contributed by atoms with Gasteiger partial charge < -0.3 is 9.64 Å². The first-order valence-corrected chi connectivity index (χ1v) is 11.2. The van der Waals surface area contributed by atoms with Crippen LogP contribution in [-0.4, -0.2) is 33.5 Å². The van der Waals surface area contributed by atoms with Crippen LogP contribution in [0.3, 0.4) is 0 Å². The van der Waals surface area contributed by atoms with Crippen LogP contribution in [0.4, 0.5) is 5.69 Å². The number of hydrogen-bond acceptors (Lipinski definition) is 4. The zero-order valence-corrected chi connectivity index (χ0v) is 18.6. The second-order valence-electron chi connectivity index (χ2n) is 7.14.